The van der Waals surface area contributed by atoms with E-state index in [1.807, 2.05) is 72.5 Å². The zero-order chi connectivity index (χ0) is 23.0. The summed E-state index contributed by atoms with van der Waals surface area (Å²) in [5.41, 5.74) is 7.44. The Bertz CT molecular complexity index is 1120. The number of aryl methyl sites for hydroxylation is 1. The molecule has 3 aromatic rings. The molecule has 0 aromatic heterocycles. The molecule has 4 rings (SSSR count). The topological polar surface area (TPSA) is 61.8 Å². The maximum absolute atomic E-state index is 12.5. The van der Waals surface area contributed by atoms with Crippen molar-refractivity contribution in [1.29, 1.82) is 0 Å². The molecule has 1 heterocycles. The Labute approximate surface area is 198 Å². The molecule has 1 atom stereocenters. The van der Waals surface area contributed by atoms with Gasteiger partial charge in [-0.05, 0) is 48.6 Å². The van der Waals surface area contributed by atoms with Crippen LogP contribution in [0.5, 0.6) is 0 Å². The fraction of sp³-hybridized carbons (Fsp3) is 0.222. The highest BCUT2D eigenvalue weighted by atomic mass is 32.2. The van der Waals surface area contributed by atoms with Crippen LogP contribution in [0, 0.1) is 0 Å². The van der Waals surface area contributed by atoms with Crippen LogP contribution < -0.4 is 5.43 Å². The van der Waals surface area contributed by atoms with E-state index in [2.05, 4.69) is 22.7 Å². The third-order valence-corrected chi connectivity index (χ3v) is 6.84. The Morgan fingerprint density at radius 2 is 1.61 bits per heavy atom. The second kappa shape index (κ2) is 11.0. The molecule has 0 saturated carbocycles. The van der Waals surface area contributed by atoms with E-state index in [0.29, 0.717) is 17.9 Å². The molecular weight excluding hydrogens is 430 g/mol. The molecule has 3 aromatic carbocycles. The number of amides is 2. The summed E-state index contributed by atoms with van der Waals surface area (Å²) in [6, 6.07) is 27.7. The summed E-state index contributed by atoms with van der Waals surface area (Å²) >= 11 is 1.62. The van der Waals surface area contributed by atoms with Crippen LogP contribution in [0.2, 0.25) is 0 Å². The summed E-state index contributed by atoms with van der Waals surface area (Å²) in [6.45, 7) is 2.50. The van der Waals surface area contributed by atoms with Gasteiger partial charge in [0.25, 0.3) is 5.91 Å². The molecule has 33 heavy (non-hydrogen) atoms. The van der Waals surface area contributed by atoms with E-state index in [0.717, 1.165) is 29.7 Å². The smallest absolute Gasteiger partial charge is 0.271 e. The van der Waals surface area contributed by atoms with E-state index >= 15 is 0 Å². The van der Waals surface area contributed by atoms with Crippen molar-refractivity contribution in [3.05, 3.63) is 107 Å². The van der Waals surface area contributed by atoms with Crippen molar-refractivity contribution in [2.45, 2.75) is 31.7 Å². The second-order valence-electron chi connectivity index (χ2n) is 8.07. The second-order valence-corrected chi connectivity index (χ2v) is 9.13. The summed E-state index contributed by atoms with van der Waals surface area (Å²) in [4.78, 5) is 26.9. The van der Waals surface area contributed by atoms with Gasteiger partial charge in [0, 0.05) is 17.8 Å². The summed E-state index contributed by atoms with van der Waals surface area (Å²) < 4.78 is 0. The first-order valence-electron chi connectivity index (χ1n) is 11.0. The zero-order valence-corrected chi connectivity index (χ0v) is 19.4. The summed E-state index contributed by atoms with van der Waals surface area (Å²) in [6.07, 6.45) is 1.67. The van der Waals surface area contributed by atoms with Crippen LogP contribution in [-0.4, -0.2) is 28.2 Å². The van der Waals surface area contributed by atoms with Crippen molar-refractivity contribution >= 4 is 29.3 Å². The molecule has 1 aliphatic rings. The average molecular weight is 458 g/mol. The lowest BCUT2D eigenvalue weighted by Gasteiger charge is -2.24. The highest BCUT2D eigenvalue weighted by Crippen LogP contribution is 2.39. The highest BCUT2D eigenvalue weighted by molar-refractivity contribution is 8.00. The van der Waals surface area contributed by atoms with Gasteiger partial charge in [-0.15, -0.1) is 11.8 Å². The summed E-state index contributed by atoms with van der Waals surface area (Å²) in [7, 11) is 0. The van der Waals surface area contributed by atoms with Gasteiger partial charge in [-0.25, -0.2) is 5.43 Å². The predicted molar refractivity (Wildman–Crippen MR) is 134 cm³/mol. The van der Waals surface area contributed by atoms with E-state index in [1.54, 1.807) is 23.9 Å². The standard InChI is InChI=1S/C27H27N3O2S/c1-20(12-13-21-8-4-2-5-9-21)28-29-26(32)23-14-16-24(17-15-23)27-30(25(31)19-33-27)18-22-10-6-3-7-11-22/h2-11,14-17,27H,12-13,18-19H2,1H3,(H,29,32)/b28-20+/t27-/m1/s1. The largest absolute Gasteiger partial charge is 0.322 e. The lowest BCUT2D eigenvalue weighted by atomic mass is 10.1. The molecule has 1 N–H and O–H groups in total. The van der Waals surface area contributed by atoms with E-state index in [9.17, 15) is 9.59 Å². The van der Waals surface area contributed by atoms with Gasteiger partial charge in [0.2, 0.25) is 5.91 Å². The molecule has 168 valence electrons. The maximum Gasteiger partial charge on any atom is 0.271 e. The first kappa shape index (κ1) is 22.8. The molecule has 0 bridgehead atoms. The molecule has 2 amide bonds. The predicted octanol–water partition coefficient (Wildman–Crippen LogP) is 5.20. The number of thioether (sulfide) groups is 1. The molecule has 5 nitrogen and oxygen atoms in total. The quantitative estimate of drug-likeness (QED) is 0.374. The van der Waals surface area contributed by atoms with Gasteiger partial charge in [0.1, 0.15) is 5.37 Å². The Balaban J connectivity index is 1.35. The number of hydrogen-bond acceptors (Lipinski definition) is 4. The summed E-state index contributed by atoms with van der Waals surface area (Å²) in [5, 5.41) is 4.20. The Kier molecular flexibility index (Phi) is 7.58. The van der Waals surface area contributed by atoms with E-state index in [1.165, 1.54) is 5.56 Å². The molecule has 0 spiro atoms. The minimum absolute atomic E-state index is 0.0481. The van der Waals surface area contributed by atoms with Gasteiger partial charge in [-0.3, -0.25) is 9.59 Å². The molecule has 1 fully saturated rings. The number of hydrazone groups is 1. The van der Waals surface area contributed by atoms with E-state index < -0.39 is 0 Å². The maximum atomic E-state index is 12.5. The first-order chi connectivity index (χ1) is 16.1. The fourth-order valence-corrected chi connectivity index (χ4v) is 4.90. The molecular formula is C27H27N3O2S. The van der Waals surface area contributed by atoms with Crippen LogP contribution in [0.3, 0.4) is 0 Å². The molecule has 0 aliphatic carbocycles. The number of nitrogens with one attached hydrogen (secondary N) is 1. The zero-order valence-electron chi connectivity index (χ0n) is 18.6. The number of nitrogens with zero attached hydrogens (tertiary/aromatic N) is 2. The van der Waals surface area contributed by atoms with Crippen molar-refractivity contribution in [3.8, 4) is 0 Å². The molecule has 0 unspecified atom stereocenters. The lowest BCUT2D eigenvalue weighted by Crippen LogP contribution is -2.27. The van der Waals surface area contributed by atoms with Gasteiger partial charge in [-0.2, -0.15) is 5.10 Å². The lowest BCUT2D eigenvalue weighted by molar-refractivity contribution is -0.128. The normalized spacial score (nSPS) is 16.2. The van der Waals surface area contributed by atoms with Gasteiger partial charge >= 0.3 is 0 Å². The van der Waals surface area contributed by atoms with Crippen molar-refractivity contribution in [3.63, 3.8) is 0 Å². The molecule has 1 saturated heterocycles. The minimum atomic E-state index is -0.239. The average Bonchev–Trinajstić information content (AvgIpc) is 3.22. The Hall–Kier alpha value is -3.38. The van der Waals surface area contributed by atoms with E-state index in [4.69, 9.17) is 0 Å². The van der Waals surface area contributed by atoms with Crippen molar-refractivity contribution in [2.24, 2.45) is 5.10 Å². The van der Waals surface area contributed by atoms with E-state index in [-0.39, 0.29) is 17.2 Å². The Morgan fingerprint density at radius 3 is 2.27 bits per heavy atom. The third-order valence-electron chi connectivity index (χ3n) is 5.59. The van der Waals surface area contributed by atoms with Gasteiger partial charge in [0.05, 0.1) is 5.75 Å². The van der Waals surface area contributed by atoms with Crippen LogP contribution in [-0.2, 0) is 17.8 Å². The minimum Gasteiger partial charge on any atom is -0.322 e. The number of benzene rings is 3. The monoisotopic (exact) mass is 457 g/mol. The summed E-state index contributed by atoms with van der Waals surface area (Å²) in [5.74, 6) is 0.365. The fourth-order valence-electron chi connectivity index (χ4n) is 3.72. The molecule has 0 radical (unpaired) electrons. The van der Waals surface area contributed by atoms with Gasteiger partial charge < -0.3 is 4.90 Å². The van der Waals surface area contributed by atoms with Crippen LogP contribution in [0.1, 0.15) is 45.8 Å². The van der Waals surface area contributed by atoms with Gasteiger partial charge in [-0.1, -0.05) is 72.8 Å². The number of carbonyl (C=O) groups excluding carboxylic acids is 2. The molecule has 6 heteroatoms. The van der Waals surface area contributed by atoms with Crippen molar-refractivity contribution in [2.75, 3.05) is 5.75 Å². The highest BCUT2D eigenvalue weighted by Gasteiger charge is 2.32. The number of hydrogen-bond donors (Lipinski definition) is 1. The van der Waals surface area contributed by atoms with Crippen molar-refractivity contribution in [1.82, 2.24) is 10.3 Å². The number of rotatable bonds is 8. The van der Waals surface area contributed by atoms with Gasteiger partial charge in [0.15, 0.2) is 0 Å². The van der Waals surface area contributed by atoms with Crippen LogP contribution in [0.15, 0.2) is 90.0 Å². The first-order valence-corrected chi connectivity index (χ1v) is 12.1. The SMILES string of the molecule is C/C(CCc1ccccc1)=N\NC(=O)c1ccc([C@H]2SCC(=O)N2Cc2ccccc2)cc1. The van der Waals surface area contributed by atoms with Crippen LogP contribution in [0.25, 0.3) is 0 Å². The van der Waals surface area contributed by atoms with Crippen LogP contribution in [0.4, 0.5) is 0 Å². The number of carbonyl (C=O) groups is 2. The van der Waals surface area contributed by atoms with Crippen molar-refractivity contribution < 1.29 is 9.59 Å². The molecule has 1 aliphatic heterocycles. The third kappa shape index (κ3) is 6.11. The Morgan fingerprint density at radius 1 is 0.970 bits per heavy atom. The van der Waals surface area contributed by atoms with Crippen LogP contribution >= 0.6 is 11.8 Å².